The summed E-state index contributed by atoms with van der Waals surface area (Å²) in [5, 5.41) is 7.58. The lowest BCUT2D eigenvalue weighted by atomic mass is 10.1. The van der Waals surface area contributed by atoms with Crippen molar-refractivity contribution >= 4 is 17.7 Å². The Bertz CT molecular complexity index is 439. The number of nitrogens with one attached hydrogen (secondary N) is 2. The van der Waals surface area contributed by atoms with E-state index in [4.69, 9.17) is 0 Å². The largest absolute Gasteiger partial charge is 0.356 e. The molecule has 0 bridgehead atoms. The maximum Gasteiger partial charge on any atom is 0.191 e. The lowest BCUT2D eigenvalue weighted by Crippen LogP contribution is -2.40. The number of rotatable bonds is 5. The molecule has 4 heteroatoms. The first-order chi connectivity index (χ1) is 9.79. The molecule has 0 saturated carbocycles. The van der Waals surface area contributed by atoms with Crippen molar-refractivity contribution in [3.05, 3.63) is 35.4 Å². The van der Waals surface area contributed by atoms with E-state index in [0.717, 1.165) is 30.7 Å². The van der Waals surface area contributed by atoms with Gasteiger partial charge in [-0.3, -0.25) is 4.99 Å². The Hall–Kier alpha value is -1.16. The van der Waals surface area contributed by atoms with Crippen molar-refractivity contribution in [2.75, 3.05) is 25.9 Å². The van der Waals surface area contributed by atoms with Gasteiger partial charge in [-0.15, -0.1) is 0 Å². The minimum absolute atomic E-state index is 0.755. The summed E-state index contributed by atoms with van der Waals surface area (Å²) < 4.78 is 0. The van der Waals surface area contributed by atoms with Crippen LogP contribution in [0.3, 0.4) is 0 Å². The lowest BCUT2D eigenvalue weighted by molar-refractivity contribution is 0.724. The van der Waals surface area contributed by atoms with E-state index >= 15 is 0 Å². The zero-order chi connectivity index (χ0) is 14.2. The summed E-state index contributed by atoms with van der Waals surface area (Å²) in [5.41, 5.74) is 2.77. The van der Waals surface area contributed by atoms with Crippen LogP contribution in [0.1, 0.15) is 24.0 Å². The topological polar surface area (TPSA) is 36.4 Å². The van der Waals surface area contributed by atoms with Crippen LogP contribution in [0.15, 0.2) is 29.3 Å². The van der Waals surface area contributed by atoms with Crippen LogP contribution in [0.5, 0.6) is 0 Å². The van der Waals surface area contributed by atoms with Crippen molar-refractivity contribution in [2.24, 2.45) is 4.99 Å². The second-order valence-corrected chi connectivity index (χ2v) is 6.60. The zero-order valence-electron chi connectivity index (χ0n) is 12.5. The molecule has 1 fully saturated rings. The minimum Gasteiger partial charge on any atom is -0.356 e. The molecule has 0 aromatic heterocycles. The van der Waals surface area contributed by atoms with E-state index in [-0.39, 0.29) is 0 Å². The third-order valence-electron chi connectivity index (χ3n) is 3.69. The summed E-state index contributed by atoms with van der Waals surface area (Å²) in [4.78, 5) is 4.29. The molecule has 1 aliphatic heterocycles. The Morgan fingerprint density at radius 2 is 2.20 bits per heavy atom. The summed E-state index contributed by atoms with van der Waals surface area (Å²) in [6.45, 7) is 4.11. The molecule has 1 heterocycles. The monoisotopic (exact) mass is 291 g/mol. The van der Waals surface area contributed by atoms with Gasteiger partial charge < -0.3 is 10.6 Å². The first-order valence-corrected chi connectivity index (χ1v) is 8.45. The average molecular weight is 291 g/mol. The van der Waals surface area contributed by atoms with Gasteiger partial charge in [0.05, 0.1) is 0 Å². The highest BCUT2D eigenvalue weighted by molar-refractivity contribution is 8.00. The van der Waals surface area contributed by atoms with Crippen LogP contribution in [-0.2, 0) is 6.42 Å². The summed E-state index contributed by atoms with van der Waals surface area (Å²) in [7, 11) is 1.84. The van der Waals surface area contributed by atoms with Gasteiger partial charge in [0.15, 0.2) is 5.96 Å². The van der Waals surface area contributed by atoms with Gasteiger partial charge >= 0.3 is 0 Å². The van der Waals surface area contributed by atoms with Gasteiger partial charge in [0.1, 0.15) is 0 Å². The number of aryl methyl sites for hydroxylation is 1. The van der Waals surface area contributed by atoms with Gasteiger partial charge in [-0.1, -0.05) is 24.3 Å². The fraction of sp³-hybridized carbons (Fsp3) is 0.562. The first-order valence-electron chi connectivity index (χ1n) is 7.40. The molecule has 3 nitrogen and oxygen atoms in total. The molecular formula is C16H25N3S. The standard InChI is InChI=1S/C16H25N3S/c1-13-6-3-4-7-14(13)9-10-18-16(17-2)19-12-15-8-5-11-20-15/h3-4,6-7,15H,5,8-12H2,1-2H3,(H2,17,18,19). The molecule has 0 amide bonds. The molecular weight excluding hydrogens is 266 g/mol. The van der Waals surface area contributed by atoms with Gasteiger partial charge in [0.25, 0.3) is 0 Å². The molecule has 1 aromatic carbocycles. The smallest absolute Gasteiger partial charge is 0.191 e. The van der Waals surface area contributed by atoms with Crippen molar-refractivity contribution in [2.45, 2.75) is 31.4 Å². The Balaban J connectivity index is 1.70. The van der Waals surface area contributed by atoms with E-state index in [1.165, 1.54) is 29.7 Å². The van der Waals surface area contributed by atoms with Crippen molar-refractivity contribution in [3.63, 3.8) is 0 Å². The predicted octanol–water partition coefficient (Wildman–Crippen LogP) is 2.60. The molecule has 20 heavy (non-hydrogen) atoms. The van der Waals surface area contributed by atoms with Crippen LogP contribution in [0.4, 0.5) is 0 Å². The average Bonchev–Trinajstić information content (AvgIpc) is 2.98. The van der Waals surface area contributed by atoms with Crippen LogP contribution >= 0.6 is 11.8 Å². The van der Waals surface area contributed by atoms with Gasteiger partial charge in [-0.2, -0.15) is 11.8 Å². The van der Waals surface area contributed by atoms with Gasteiger partial charge in [0.2, 0.25) is 0 Å². The normalized spacial score (nSPS) is 19.1. The number of aliphatic imine (C=N–C) groups is 1. The number of benzene rings is 1. The first kappa shape index (κ1) is 15.2. The molecule has 0 spiro atoms. The highest BCUT2D eigenvalue weighted by Gasteiger charge is 2.15. The SMILES string of the molecule is CN=C(NCCc1ccccc1C)NCC1CCCS1. The van der Waals surface area contributed by atoms with Crippen molar-refractivity contribution < 1.29 is 0 Å². The second kappa shape index (κ2) is 8.20. The van der Waals surface area contributed by atoms with E-state index in [1.54, 1.807) is 0 Å². The van der Waals surface area contributed by atoms with E-state index in [2.05, 4.69) is 58.6 Å². The molecule has 1 unspecified atom stereocenters. The van der Waals surface area contributed by atoms with Gasteiger partial charge in [-0.05, 0) is 43.1 Å². The molecule has 110 valence electrons. The maximum absolute atomic E-state index is 4.29. The number of nitrogens with zero attached hydrogens (tertiary/aromatic N) is 1. The van der Waals surface area contributed by atoms with Crippen LogP contribution in [-0.4, -0.2) is 37.1 Å². The van der Waals surface area contributed by atoms with E-state index < -0.39 is 0 Å². The van der Waals surface area contributed by atoms with Crippen LogP contribution < -0.4 is 10.6 Å². The molecule has 2 rings (SSSR count). The molecule has 0 radical (unpaired) electrons. The Morgan fingerprint density at radius 3 is 2.90 bits per heavy atom. The van der Waals surface area contributed by atoms with Gasteiger partial charge in [0, 0.05) is 25.4 Å². The summed E-state index contributed by atoms with van der Waals surface area (Å²) in [6.07, 6.45) is 3.72. The predicted molar refractivity (Wildman–Crippen MR) is 89.7 cm³/mol. The highest BCUT2D eigenvalue weighted by atomic mass is 32.2. The Kier molecular flexibility index (Phi) is 6.25. The number of hydrogen-bond acceptors (Lipinski definition) is 2. The fourth-order valence-electron chi connectivity index (χ4n) is 2.44. The fourth-order valence-corrected chi connectivity index (χ4v) is 3.64. The quantitative estimate of drug-likeness (QED) is 0.647. The molecule has 1 saturated heterocycles. The van der Waals surface area contributed by atoms with Crippen LogP contribution in [0.25, 0.3) is 0 Å². The molecule has 1 aliphatic rings. The zero-order valence-corrected chi connectivity index (χ0v) is 13.3. The third kappa shape index (κ3) is 4.75. The van der Waals surface area contributed by atoms with Crippen molar-refractivity contribution in [1.82, 2.24) is 10.6 Å². The third-order valence-corrected chi connectivity index (χ3v) is 5.09. The van der Waals surface area contributed by atoms with Crippen LogP contribution in [0.2, 0.25) is 0 Å². The molecule has 2 N–H and O–H groups in total. The molecule has 0 aliphatic carbocycles. The highest BCUT2D eigenvalue weighted by Crippen LogP contribution is 2.25. The van der Waals surface area contributed by atoms with Crippen molar-refractivity contribution in [1.29, 1.82) is 0 Å². The molecule has 1 aromatic rings. The Labute approximate surface area is 126 Å². The maximum atomic E-state index is 4.29. The second-order valence-electron chi connectivity index (χ2n) is 5.19. The number of hydrogen-bond donors (Lipinski definition) is 2. The van der Waals surface area contributed by atoms with E-state index in [0.29, 0.717) is 0 Å². The number of thioether (sulfide) groups is 1. The van der Waals surface area contributed by atoms with E-state index in [9.17, 15) is 0 Å². The van der Waals surface area contributed by atoms with Gasteiger partial charge in [-0.25, -0.2) is 0 Å². The van der Waals surface area contributed by atoms with Crippen molar-refractivity contribution in [3.8, 4) is 0 Å². The number of guanidine groups is 1. The summed E-state index contributed by atoms with van der Waals surface area (Å²) in [6, 6.07) is 8.56. The van der Waals surface area contributed by atoms with E-state index in [1.807, 2.05) is 7.05 Å². The minimum atomic E-state index is 0.755. The summed E-state index contributed by atoms with van der Waals surface area (Å²) >= 11 is 2.07. The summed E-state index contributed by atoms with van der Waals surface area (Å²) in [5.74, 6) is 2.23. The Morgan fingerprint density at radius 1 is 1.35 bits per heavy atom. The lowest BCUT2D eigenvalue weighted by Gasteiger charge is -2.15. The molecule has 1 atom stereocenters. The van der Waals surface area contributed by atoms with Crippen LogP contribution in [0, 0.1) is 6.92 Å².